The van der Waals surface area contributed by atoms with Crippen LogP contribution in [0.2, 0.25) is 0 Å². The van der Waals surface area contributed by atoms with Crippen molar-refractivity contribution in [2.24, 2.45) is 0 Å². The highest BCUT2D eigenvalue weighted by Gasteiger charge is 2.13. The number of aryl methyl sites for hydroxylation is 1. The second-order valence-electron chi connectivity index (χ2n) is 3.65. The van der Waals surface area contributed by atoms with E-state index in [2.05, 4.69) is 0 Å². The number of esters is 1. The fraction of sp³-hybridized carbons (Fsp3) is 0.167. The first-order chi connectivity index (χ1) is 7.97. The summed E-state index contributed by atoms with van der Waals surface area (Å²) in [4.78, 5) is 23.0. The molecular formula is C12H10O4S. The molecule has 0 fully saturated rings. The first-order valence-corrected chi connectivity index (χ1v) is 5.75. The summed E-state index contributed by atoms with van der Waals surface area (Å²) in [5.74, 6) is -1.19. The molecular weight excluding hydrogens is 240 g/mol. The maximum Gasteiger partial charge on any atom is 0.335 e. The summed E-state index contributed by atoms with van der Waals surface area (Å²) in [5.41, 5.74) is 0.117. The number of fused-ring (bicyclic) bond motifs is 1. The Morgan fingerprint density at radius 1 is 1.29 bits per heavy atom. The van der Waals surface area contributed by atoms with Gasteiger partial charge in [-0.25, -0.2) is 4.79 Å². The molecule has 0 saturated heterocycles. The zero-order chi connectivity index (χ0) is 12.6. The fourth-order valence-electron chi connectivity index (χ4n) is 1.60. The summed E-state index contributed by atoms with van der Waals surface area (Å²) in [5, 5.41) is 9.75. The lowest BCUT2D eigenvalue weighted by molar-refractivity contribution is -0.131. The van der Waals surface area contributed by atoms with Crippen molar-refractivity contribution in [3.8, 4) is 5.75 Å². The number of carbonyl (C=O) groups is 2. The molecule has 5 heteroatoms. The summed E-state index contributed by atoms with van der Waals surface area (Å²) in [6, 6.07) is 4.83. The van der Waals surface area contributed by atoms with E-state index in [0.717, 1.165) is 15.0 Å². The van der Waals surface area contributed by atoms with Crippen LogP contribution in [0.1, 0.15) is 22.2 Å². The molecule has 17 heavy (non-hydrogen) atoms. The van der Waals surface area contributed by atoms with Gasteiger partial charge in [-0.1, -0.05) is 0 Å². The minimum absolute atomic E-state index is 0.117. The molecule has 1 aromatic carbocycles. The second-order valence-corrected chi connectivity index (χ2v) is 4.90. The largest absolute Gasteiger partial charge is 0.478 e. The third-order valence-electron chi connectivity index (χ3n) is 2.21. The molecule has 0 bridgehead atoms. The maximum absolute atomic E-state index is 11.0. The molecule has 2 rings (SSSR count). The number of rotatable bonds is 2. The van der Waals surface area contributed by atoms with Crippen LogP contribution in [0.3, 0.4) is 0 Å². The third-order valence-corrected chi connectivity index (χ3v) is 3.29. The molecule has 0 atom stereocenters. The number of carboxylic acid groups (broad SMARTS) is 1. The van der Waals surface area contributed by atoms with Gasteiger partial charge in [-0.05, 0) is 30.5 Å². The average molecular weight is 250 g/mol. The third kappa shape index (κ3) is 2.29. The lowest BCUT2D eigenvalue weighted by Crippen LogP contribution is -2.03. The highest BCUT2D eigenvalue weighted by Crippen LogP contribution is 2.34. The van der Waals surface area contributed by atoms with Crippen molar-refractivity contribution >= 4 is 33.4 Å². The number of thiophene rings is 1. The molecule has 2 aromatic rings. The number of carbonyl (C=O) groups excluding carboxylic acids is 1. The van der Waals surface area contributed by atoms with Crippen molar-refractivity contribution in [3.63, 3.8) is 0 Å². The van der Waals surface area contributed by atoms with Crippen LogP contribution in [-0.4, -0.2) is 17.0 Å². The normalized spacial score (nSPS) is 10.5. The molecule has 0 radical (unpaired) electrons. The van der Waals surface area contributed by atoms with Crippen LogP contribution < -0.4 is 4.74 Å². The van der Waals surface area contributed by atoms with Gasteiger partial charge in [-0.3, -0.25) is 4.79 Å². The number of hydrogen-bond donors (Lipinski definition) is 1. The number of hydrogen-bond acceptors (Lipinski definition) is 4. The maximum atomic E-state index is 11.0. The molecule has 88 valence electrons. The van der Waals surface area contributed by atoms with Gasteiger partial charge >= 0.3 is 11.9 Å². The lowest BCUT2D eigenvalue weighted by atomic mass is 10.1. The summed E-state index contributed by atoms with van der Waals surface area (Å²) in [6.07, 6.45) is 0. The fourth-order valence-corrected chi connectivity index (χ4v) is 2.55. The van der Waals surface area contributed by atoms with Crippen LogP contribution >= 0.6 is 11.3 Å². The van der Waals surface area contributed by atoms with Gasteiger partial charge in [0.2, 0.25) is 0 Å². The van der Waals surface area contributed by atoms with Gasteiger partial charge in [0.15, 0.2) is 0 Å². The van der Waals surface area contributed by atoms with E-state index in [1.54, 1.807) is 6.07 Å². The SMILES string of the molecule is CC(=O)Oc1cc(C(=O)O)cc2cc(C)sc12. The molecule has 1 aromatic heterocycles. The topological polar surface area (TPSA) is 63.6 Å². The van der Waals surface area contributed by atoms with Crippen LogP contribution in [-0.2, 0) is 4.79 Å². The highest BCUT2D eigenvalue weighted by molar-refractivity contribution is 7.19. The molecule has 0 aliphatic rings. The van der Waals surface area contributed by atoms with Crippen molar-refractivity contribution in [2.75, 3.05) is 0 Å². The van der Waals surface area contributed by atoms with Gasteiger partial charge in [0, 0.05) is 11.8 Å². The summed E-state index contributed by atoms with van der Waals surface area (Å²) in [6.45, 7) is 3.21. The van der Waals surface area contributed by atoms with E-state index < -0.39 is 11.9 Å². The van der Waals surface area contributed by atoms with Crippen molar-refractivity contribution in [2.45, 2.75) is 13.8 Å². The monoisotopic (exact) mass is 250 g/mol. The van der Waals surface area contributed by atoms with Gasteiger partial charge in [0.25, 0.3) is 0 Å². The van der Waals surface area contributed by atoms with E-state index in [4.69, 9.17) is 9.84 Å². The Bertz CT molecular complexity index is 612. The Balaban J connectivity index is 2.68. The lowest BCUT2D eigenvalue weighted by Gasteiger charge is -2.04. The zero-order valence-corrected chi connectivity index (χ0v) is 10.1. The zero-order valence-electron chi connectivity index (χ0n) is 9.31. The first-order valence-electron chi connectivity index (χ1n) is 4.93. The van der Waals surface area contributed by atoms with E-state index in [1.165, 1.54) is 24.3 Å². The number of aromatic carboxylic acids is 1. The van der Waals surface area contributed by atoms with Crippen LogP contribution in [0, 0.1) is 6.92 Å². The van der Waals surface area contributed by atoms with E-state index in [1.807, 2.05) is 13.0 Å². The van der Waals surface area contributed by atoms with Crippen molar-refractivity contribution in [1.82, 2.24) is 0 Å². The van der Waals surface area contributed by atoms with Gasteiger partial charge < -0.3 is 9.84 Å². The molecule has 0 aliphatic carbocycles. The molecule has 0 amide bonds. The summed E-state index contributed by atoms with van der Waals surface area (Å²) in [7, 11) is 0. The Hall–Kier alpha value is -1.88. The second kappa shape index (κ2) is 4.18. The van der Waals surface area contributed by atoms with E-state index in [-0.39, 0.29) is 5.56 Å². The molecule has 1 N–H and O–H groups in total. The summed E-state index contributed by atoms with van der Waals surface area (Å²) >= 11 is 1.47. The standard InChI is InChI=1S/C12H10O4S/c1-6-3-8-4-9(12(14)15)5-10(11(8)17-6)16-7(2)13/h3-5H,1-2H3,(H,14,15). The van der Waals surface area contributed by atoms with Gasteiger partial charge in [0.05, 0.1) is 10.3 Å². The van der Waals surface area contributed by atoms with Crippen LogP contribution in [0.15, 0.2) is 18.2 Å². The van der Waals surface area contributed by atoms with E-state index >= 15 is 0 Å². The Morgan fingerprint density at radius 2 is 2.00 bits per heavy atom. The molecule has 4 nitrogen and oxygen atoms in total. The minimum Gasteiger partial charge on any atom is -0.478 e. The molecule has 0 aliphatic heterocycles. The molecule has 0 spiro atoms. The quantitative estimate of drug-likeness (QED) is 0.657. The van der Waals surface area contributed by atoms with Crippen molar-refractivity contribution in [1.29, 1.82) is 0 Å². The average Bonchev–Trinajstić information content (AvgIpc) is 2.57. The first kappa shape index (κ1) is 11.6. The Labute approximate surface area is 101 Å². The van der Waals surface area contributed by atoms with E-state index in [9.17, 15) is 9.59 Å². The summed E-state index contributed by atoms with van der Waals surface area (Å²) < 4.78 is 5.83. The highest BCUT2D eigenvalue weighted by atomic mass is 32.1. The Kier molecular flexibility index (Phi) is 2.85. The number of carboxylic acids is 1. The number of ether oxygens (including phenoxy) is 1. The van der Waals surface area contributed by atoms with Gasteiger partial charge in [-0.15, -0.1) is 11.3 Å². The predicted octanol–water partition coefficient (Wildman–Crippen LogP) is 2.83. The predicted molar refractivity (Wildman–Crippen MR) is 64.8 cm³/mol. The molecule has 0 unspecified atom stereocenters. The van der Waals surface area contributed by atoms with Gasteiger partial charge in [-0.2, -0.15) is 0 Å². The molecule has 0 saturated carbocycles. The van der Waals surface area contributed by atoms with Gasteiger partial charge in [0.1, 0.15) is 5.75 Å². The molecule has 1 heterocycles. The van der Waals surface area contributed by atoms with Crippen LogP contribution in [0.5, 0.6) is 5.75 Å². The van der Waals surface area contributed by atoms with Crippen LogP contribution in [0.25, 0.3) is 10.1 Å². The van der Waals surface area contributed by atoms with Crippen molar-refractivity contribution < 1.29 is 19.4 Å². The smallest absolute Gasteiger partial charge is 0.335 e. The van der Waals surface area contributed by atoms with Crippen LogP contribution in [0.4, 0.5) is 0 Å². The minimum atomic E-state index is -1.04. The van der Waals surface area contributed by atoms with E-state index in [0.29, 0.717) is 5.75 Å². The Morgan fingerprint density at radius 3 is 2.59 bits per heavy atom. The van der Waals surface area contributed by atoms with Crippen molar-refractivity contribution in [3.05, 3.63) is 28.6 Å². The number of benzene rings is 1.